The number of anilines is 1. The molecule has 2 fully saturated rings. The number of nitrogens with zero attached hydrogens (tertiary/aromatic N) is 4. The number of hydrogen-bond donors (Lipinski definition) is 0. The van der Waals surface area contributed by atoms with Gasteiger partial charge >= 0.3 is 5.97 Å². The molecule has 0 atom stereocenters. The zero-order valence-electron chi connectivity index (χ0n) is 21.5. The molecule has 0 N–H and O–H groups in total. The molecule has 2 aliphatic heterocycles. The van der Waals surface area contributed by atoms with E-state index in [-0.39, 0.29) is 28.9 Å². The highest BCUT2D eigenvalue weighted by molar-refractivity contribution is 8.26. The van der Waals surface area contributed by atoms with E-state index in [1.54, 1.807) is 31.9 Å². The van der Waals surface area contributed by atoms with E-state index in [0.29, 0.717) is 65.3 Å². The van der Waals surface area contributed by atoms with Gasteiger partial charge < -0.3 is 9.64 Å². The fourth-order valence-electron chi connectivity index (χ4n) is 4.70. The molecule has 0 saturated carbocycles. The Morgan fingerprint density at radius 3 is 2.53 bits per heavy atom. The van der Waals surface area contributed by atoms with Crippen LogP contribution in [0, 0.1) is 24.2 Å². The lowest BCUT2D eigenvalue weighted by Gasteiger charge is -2.35. The maximum absolute atomic E-state index is 13.2. The van der Waals surface area contributed by atoms with Crippen LogP contribution in [0.25, 0.3) is 6.08 Å². The lowest BCUT2D eigenvalue weighted by atomic mass is 9.95. The molecular formula is C26H34N4O4S2. The highest BCUT2D eigenvalue weighted by atomic mass is 32.2. The normalized spacial score (nSPS) is 17.7. The van der Waals surface area contributed by atoms with Crippen molar-refractivity contribution in [3.8, 4) is 6.07 Å². The molecule has 2 aliphatic rings. The van der Waals surface area contributed by atoms with Crippen LogP contribution in [0.2, 0.25) is 0 Å². The second-order valence-corrected chi connectivity index (χ2v) is 10.8. The van der Waals surface area contributed by atoms with Crippen LogP contribution in [0.3, 0.4) is 0 Å². The number of hydrogen-bond acceptors (Lipinski definition) is 8. The number of carbonyl (C=O) groups excluding carboxylic acids is 2. The van der Waals surface area contributed by atoms with E-state index in [2.05, 4.69) is 11.8 Å². The van der Waals surface area contributed by atoms with Gasteiger partial charge in [0.05, 0.1) is 17.4 Å². The summed E-state index contributed by atoms with van der Waals surface area (Å²) in [5.41, 5.74) is 0.883. The molecule has 0 radical (unpaired) electrons. The number of rotatable bonds is 9. The Bertz CT molecular complexity index is 1160. The van der Waals surface area contributed by atoms with Crippen LogP contribution in [0.4, 0.5) is 5.82 Å². The van der Waals surface area contributed by atoms with Crippen LogP contribution in [0.15, 0.2) is 9.70 Å². The number of aromatic nitrogens is 1. The van der Waals surface area contributed by atoms with Crippen LogP contribution >= 0.6 is 24.0 Å². The van der Waals surface area contributed by atoms with Gasteiger partial charge in [0.1, 0.15) is 21.8 Å². The van der Waals surface area contributed by atoms with E-state index < -0.39 is 0 Å². The van der Waals surface area contributed by atoms with Crippen LogP contribution in [-0.2, 0) is 21.4 Å². The van der Waals surface area contributed by atoms with Crippen molar-refractivity contribution in [1.82, 2.24) is 9.47 Å². The Morgan fingerprint density at radius 2 is 1.92 bits per heavy atom. The number of piperidine rings is 1. The quantitative estimate of drug-likeness (QED) is 0.204. The molecule has 0 bridgehead atoms. The largest absolute Gasteiger partial charge is 0.466 e. The Hall–Kier alpha value is -2.64. The number of pyridine rings is 1. The summed E-state index contributed by atoms with van der Waals surface area (Å²) in [6, 6.07) is 2.03. The van der Waals surface area contributed by atoms with Crippen molar-refractivity contribution in [2.75, 3.05) is 31.1 Å². The standard InChI is InChI=1S/C26H34N4O4S2/c1-5-7-8-9-12-30-24(32)21(36-26(30)35)15-19-17(3)20(16-27)23(31)28(4)22(19)29-13-10-18(11-14-29)25(33)34-6-2/h15,18H,5-14H2,1-4H3/b21-15-. The monoisotopic (exact) mass is 530 g/mol. The third-order valence-corrected chi connectivity index (χ3v) is 8.14. The van der Waals surface area contributed by atoms with E-state index in [1.807, 2.05) is 6.07 Å². The zero-order chi connectivity index (χ0) is 26.4. The van der Waals surface area contributed by atoms with Crippen molar-refractivity contribution in [3.05, 3.63) is 31.9 Å². The number of ether oxygens (including phenoxy) is 1. The molecule has 1 aromatic heterocycles. The van der Waals surface area contributed by atoms with Gasteiger partial charge in [-0.15, -0.1) is 0 Å². The van der Waals surface area contributed by atoms with E-state index in [1.165, 1.54) is 16.3 Å². The lowest BCUT2D eigenvalue weighted by molar-refractivity contribution is -0.148. The number of thiocarbonyl (C=S) groups is 1. The maximum Gasteiger partial charge on any atom is 0.309 e. The van der Waals surface area contributed by atoms with Gasteiger partial charge in [-0.05, 0) is 44.7 Å². The predicted octanol–water partition coefficient (Wildman–Crippen LogP) is 4.13. The van der Waals surface area contributed by atoms with Crippen molar-refractivity contribution in [2.45, 2.75) is 59.3 Å². The predicted molar refractivity (Wildman–Crippen MR) is 147 cm³/mol. The van der Waals surface area contributed by atoms with E-state index in [0.717, 1.165) is 25.7 Å². The van der Waals surface area contributed by atoms with E-state index in [9.17, 15) is 19.6 Å². The highest BCUT2D eigenvalue weighted by Crippen LogP contribution is 2.36. The van der Waals surface area contributed by atoms with Crippen LogP contribution in [-0.4, -0.2) is 51.9 Å². The second-order valence-electron chi connectivity index (χ2n) is 9.12. The Balaban J connectivity index is 1.96. The van der Waals surface area contributed by atoms with Gasteiger partial charge in [0.15, 0.2) is 0 Å². The number of esters is 1. The first-order chi connectivity index (χ1) is 17.2. The molecule has 1 amide bonds. The number of thioether (sulfide) groups is 1. The summed E-state index contributed by atoms with van der Waals surface area (Å²) < 4.78 is 7.19. The van der Waals surface area contributed by atoms with Crippen molar-refractivity contribution in [1.29, 1.82) is 5.26 Å². The SMILES string of the molecule is CCCCCCN1C(=O)/C(=C/c2c(C)c(C#N)c(=O)n(C)c2N2CCC(C(=O)OCC)CC2)SC1=S. The summed E-state index contributed by atoms with van der Waals surface area (Å²) in [4.78, 5) is 42.6. The van der Waals surface area contributed by atoms with Gasteiger partial charge in [0.25, 0.3) is 11.5 Å². The van der Waals surface area contributed by atoms with Crippen LogP contribution in [0.1, 0.15) is 69.1 Å². The van der Waals surface area contributed by atoms with E-state index in [4.69, 9.17) is 17.0 Å². The van der Waals surface area contributed by atoms with Gasteiger partial charge in [-0.1, -0.05) is 50.2 Å². The molecule has 0 spiro atoms. The Labute approximate surface area is 222 Å². The average Bonchev–Trinajstić information content (AvgIpc) is 3.13. The maximum atomic E-state index is 13.2. The fraction of sp³-hybridized carbons (Fsp3) is 0.577. The topological polar surface area (TPSA) is 95.6 Å². The molecule has 1 aromatic rings. The minimum Gasteiger partial charge on any atom is -0.466 e. The molecule has 8 nitrogen and oxygen atoms in total. The van der Waals surface area contributed by atoms with Crippen LogP contribution < -0.4 is 10.5 Å². The molecule has 3 rings (SSSR count). The highest BCUT2D eigenvalue weighted by Gasteiger charge is 2.34. The minimum absolute atomic E-state index is 0.0592. The van der Waals surface area contributed by atoms with Crippen molar-refractivity contribution >= 4 is 52.1 Å². The number of unbranched alkanes of at least 4 members (excludes halogenated alkanes) is 3. The Kier molecular flexibility index (Phi) is 9.74. The summed E-state index contributed by atoms with van der Waals surface area (Å²) in [6.45, 7) is 7.73. The van der Waals surface area contributed by atoms with Gasteiger partial charge in [-0.2, -0.15) is 5.26 Å². The van der Waals surface area contributed by atoms with Gasteiger partial charge in [0, 0.05) is 32.2 Å². The molecule has 194 valence electrons. The first-order valence-electron chi connectivity index (χ1n) is 12.6. The van der Waals surface area contributed by atoms with Crippen LogP contribution in [0.5, 0.6) is 0 Å². The summed E-state index contributed by atoms with van der Waals surface area (Å²) in [6.07, 6.45) is 7.15. The lowest BCUT2D eigenvalue weighted by Crippen LogP contribution is -2.40. The summed E-state index contributed by atoms with van der Waals surface area (Å²) in [5.74, 6) is 0.141. The average molecular weight is 531 g/mol. The third-order valence-electron chi connectivity index (χ3n) is 6.77. The summed E-state index contributed by atoms with van der Waals surface area (Å²) in [5, 5.41) is 9.68. The van der Waals surface area contributed by atoms with E-state index >= 15 is 0 Å². The van der Waals surface area contributed by atoms with Crippen molar-refractivity contribution < 1.29 is 14.3 Å². The molecule has 0 aromatic carbocycles. The molecule has 0 unspecified atom stereocenters. The first-order valence-corrected chi connectivity index (χ1v) is 13.8. The minimum atomic E-state index is -0.377. The smallest absolute Gasteiger partial charge is 0.309 e. The molecule has 2 saturated heterocycles. The second kappa shape index (κ2) is 12.5. The molecule has 0 aliphatic carbocycles. The fourth-order valence-corrected chi connectivity index (χ4v) is 5.99. The van der Waals surface area contributed by atoms with Crippen molar-refractivity contribution in [2.24, 2.45) is 13.0 Å². The third kappa shape index (κ3) is 5.84. The van der Waals surface area contributed by atoms with Gasteiger partial charge in [0.2, 0.25) is 0 Å². The number of nitriles is 1. The van der Waals surface area contributed by atoms with Crippen molar-refractivity contribution in [3.63, 3.8) is 0 Å². The molecule has 3 heterocycles. The van der Waals surface area contributed by atoms with Gasteiger partial charge in [-0.3, -0.25) is 23.9 Å². The van der Waals surface area contributed by atoms with Gasteiger partial charge in [-0.25, -0.2) is 0 Å². The number of amides is 1. The zero-order valence-corrected chi connectivity index (χ0v) is 23.1. The molecule has 10 heteroatoms. The summed E-state index contributed by atoms with van der Waals surface area (Å²) in [7, 11) is 1.64. The molecular weight excluding hydrogens is 496 g/mol. The molecule has 36 heavy (non-hydrogen) atoms. The number of carbonyl (C=O) groups is 2. The first kappa shape index (κ1) is 27.9. The summed E-state index contributed by atoms with van der Waals surface area (Å²) >= 11 is 6.76. The Morgan fingerprint density at radius 1 is 1.22 bits per heavy atom.